The lowest BCUT2D eigenvalue weighted by atomic mass is 10.1. The van der Waals surface area contributed by atoms with E-state index >= 15 is 0 Å². The normalized spacial score (nSPS) is 13.8. The van der Waals surface area contributed by atoms with Crippen molar-refractivity contribution in [1.82, 2.24) is 15.0 Å². The molecule has 2 aromatic heterocycles. The Labute approximate surface area is 212 Å². The Morgan fingerprint density at radius 2 is 1.94 bits per heavy atom. The van der Waals surface area contributed by atoms with Gasteiger partial charge in [-0.1, -0.05) is 12.1 Å². The third kappa shape index (κ3) is 6.17. The average molecular weight is 502 g/mol. The zero-order valence-corrected chi connectivity index (χ0v) is 20.5. The number of aromatic nitrogens is 3. The largest absolute Gasteiger partial charge is 0.489 e. The van der Waals surface area contributed by atoms with Crippen LogP contribution in [-0.2, 0) is 11.2 Å². The molecule has 0 aliphatic carbocycles. The van der Waals surface area contributed by atoms with Gasteiger partial charge in [0.05, 0.1) is 24.5 Å². The van der Waals surface area contributed by atoms with Crippen molar-refractivity contribution in [1.29, 1.82) is 5.26 Å². The number of thiazole rings is 1. The minimum atomic E-state index is 0.0836. The van der Waals surface area contributed by atoms with Crippen LogP contribution in [0.4, 0.5) is 5.13 Å². The minimum Gasteiger partial charge on any atom is -0.489 e. The maximum Gasteiger partial charge on any atom is 0.192 e. The molecule has 35 heavy (non-hydrogen) atoms. The van der Waals surface area contributed by atoms with Gasteiger partial charge in [-0.2, -0.15) is 5.26 Å². The number of nitrogens with one attached hydrogen (secondary N) is 1. The zero-order chi connectivity index (χ0) is 23.9. The van der Waals surface area contributed by atoms with E-state index in [1.54, 1.807) is 23.7 Å². The van der Waals surface area contributed by atoms with Gasteiger partial charge < -0.3 is 14.2 Å². The van der Waals surface area contributed by atoms with Crippen LogP contribution in [0.25, 0.3) is 11.3 Å². The molecular weight excluding hydrogens is 478 g/mol. The fourth-order valence-electron chi connectivity index (χ4n) is 3.73. The van der Waals surface area contributed by atoms with Crippen LogP contribution in [0.2, 0.25) is 0 Å². The van der Waals surface area contributed by atoms with Gasteiger partial charge in [-0.05, 0) is 53.9 Å². The molecule has 0 bridgehead atoms. The molecule has 4 aromatic rings. The molecule has 1 fully saturated rings. The van der Waals surface area contributed by atoms with Gasteiger partial charge in [-0.25, -0.2) is 15.0 Å². The van der Waals surface area contributed by atoms with Crippen molar-refractivity contribution in [3.63, 3.8) is 0 Å². The number of benzene rings is 2. The Morgan fingerprint density at radius 3 is 2.71 bits per heavy atom. The molecule has 0 amide bonds. The van der Waals surface area contributed by atoms with Crippen LogP contribution in [0.1, 0.15) is 29.8 Å². The molecule has 0 unspecified atom stereocenters. The Hall–Kier alpha value is -3.45. The quantitative estimate of drug-likeness (QED) is 0.306. The highest BCUT2D eigenvalue weighted by molar-refractivity contribution is 8.00. The van der Waals surface area contributed by atoms with E-state index in [-0.39, 0.29) is 6.10 Å². The van der Waals surface area contributed by atoms with Crippen LogP contribution < -0.4 is 9.46 Å². The first kappa shape index (κ1) is 23.3. The molecule has 1 aliphatic heterocycles. The van der Waals surface area contributed by atoms with E-state index in [9.17, 15) is 5.26 Å². The maximum absolute atomic E-state index is 9.69. The first-order chi connectivity index (χ1) is 17.3. The molecule has 0 radical (unpaired) electrons. The van der Waals surface area contributed by atoms with E-state index in [1.165, 1.54) is 11.9 Å². The number of ether oxygens (including phenoxy) is 2. The second-order valence-corrected chi connectivity index (χ2v) is 9.75. The van der Waals surface area contributed by atoms with E-state index in [0.29, 0.717) is 30.9 Å². The van der Waals surface area contributed by atoms with Crippen molar-refractivity contribution in [3.8, 4) is 23.1 Å². The van der Waals surface area contributed by atoms with Crippen molar-refractivity contribution in [2.75, 3.05) is 17.9 Å². The summed E-state index contributed by atoms with van der Waals surface area (Å²) in [5.74, 6) is 1.34. The van der Waals surface area contributed by atoms with Gasteiger partial charge in [0, 0.05) is 47.5 Å². The molecule has 0 spiro atoms. The molecule has 0 saturated carbocycles. The third-order valence-corrected chi connectivity index (χ3v) is 7.16. The van der Waals surface area contributed by atoms with E-state index in [1.807, 2.05) is 29.6 Å². The molecule has 1 saturated heterocycles. The summed E-state index contributed by atoms with van der Waals surface area (Å²) in [7, 11) is 0. The second kappa shape index (κ2) is 11.3. The van der Waals surface area contributed by atoms with Gasteiger partial charge >= 0.3 is 0 Å². The van der Waals surface area contributed by atoms with Crippen LogP contribution in [0.15, 0.2) is 71.2 Å². The first-order valence-corrected chi connectivity index (χ1v) is 13.0. The number of hydrogen-bond donors (Lipinski definition) is 1. The summed E-state index contributed by atoms with van der Waals surface area (Å²) in [4.78, 5) is 14.5. The van der Waals surface area contributed by atoms with Gasteiger partial charge in [0.25, 0.3) is 0 Å². The highest BCUT2D eigenvalue weighted by Gasteiger charge is 2.17. The molecule has 5 rings (SSSR count). The third-order valence-electron chi connectivity index (χ3n) is 5.54. The second-order valence-electron chi connectivity index (χ2n) is 7.97. The lowest BCUT2D eigenvalue weighted by Gasteiger charge is -2.23. The number of anilines is 1. The number of hydrogen-bond acceptors (Lipinski definition) is 9. The smallest absolute Gasteiger partial charge is 0.192 e. The Morgan fingerprint density at radius 1 is 1.09 bits per heavy atom. The standard InChI is InChI=1S/C26H23N5O2S2/c27-17-20-16-19(3-6-24(20)33-21-8-12-32-13-9-21)23-7-10-28-25(30-23)15-18-1-4-22(5-2-18)35-31-26-29-11-14-34-26/h1-7,10-11,14,16,21H,8-9,12-13,15H2,(H,29,31). The van der Waals surface area contributed by atoms with Crippen LogP contribution >= 0.6 is 23.3 Å². The summed E-state index contributed by atoms with van der Waals surface area (Å²) in [6, 6.07) is 18.1. The van der Waals surface area contributed by atoms with Crippen LogP contribution in [0.5, 0.6) is 5.75 Å². The fraction of sp³-hybridized carbons (Fsp3) is 0.231. The number of nitriles is 1. The lowest BCUT2D eigenvalue weighted by molar-refractivity contribution is 0.0254. The van der Waals surface area contributed by atoms with E-state index in [4.69, 9.17) is 14.5 Å². The van der Waals surface area contributed by atoms with E-state index in [0.717, 1.165) is 45.5 Å². The van der Waals surface area contributed by atoms with Gasteiger partial charge in [-0.15, -0.1) is 11.3 Å². The fourth-order valence-corrected chi connectivity index (χ4v) is 4.95. The van der Waals surface area contributed by atoms with Gasteiger partial charge in [0.1, 0.15) is 23.7 Å². The molecule has 0 atom stereocenters. The summed E-state index contributed by atoms with van der Waals surface area (Å²) in [6.45, 7) is 1.39. The number of rotatable bonds is 8. The van der Waals surface area contributed by atoms with Crippen molar-refractivity contribution >= 4 is 28.4 Å². The van der Waals surface area contributed by atoms with Crippen molar-refractivity contribution < 1.29 is 9.47 Å². The van der Waals surface area contributed by atoms with Crippen molar-refractivity contribution in [2.24, 2.45) is 0 Å². The van der Waals surface area contributed by atoms with Crippen molar-refractivity contribution in [3.05, 3.63) is 83.3 Å². The summed E-state index contributed by atoms with van der Waals surface area (Å²) >= 11 is 3.10. The minimum absolute atomic E-state index is 0.0836. The predicted octanol–water partition coefficient (Wildman–Crippen LogP) is 5.74. The van der Waals surface area contributed by atoms with E-state index in [2.05, 4.69) is 45.0 Å². The zero-order valence-electron chi connectivity index (χ0n) is 18.9. The van der Waals surface area contributed by atoms with Gasteiger partial charge in [-0.3, -0.25) is 0 Å². The molecule has 9 heteroatoms. The molecule has 1 aliphatic rings. The average Bonchev–Trinajstić information content (AvgIpc) is 3.43. The molecule has 3 heterocycles. The molecular formula is C26H23N5O2S2. The SMILES string of the molecule is N#Cc1cc(-c2ccnc(Cc3ccc(SNc4nccs4)cc3)n2)ccc1OC1CCOCC1. The van der Waals surface area contributed by atoms with Crippen LogP contribution in [0, 0.1) is 11.3 Å². The Bertz CT molecular complexity index is 1300. The maximum atomic E-state index is 9.69. The van der Waals surface area contributed by atoms with Crippen molar-refractivity contribution in [2.45, 2.75) is 30.3 Å². The molecule has 2 aromatic carbocycles. The van der Waals surface area contributed by atoms with Gasteiger partial charge in [0.2, 0.25) is 0 Å². The Kier molecular flexibility index (Phi) is 7.53. The summed E-state index contributed by atoms with van der Waals surface area (Å²) < 4.78 is 14.7. The number of nitrogens with zero attached hydrogens (tertiary/aromatic N) is 4. The summed E-state index contributed by atoms with van der Waals surface area (Å²) in [5.41, 5.74) is 3.28. The topological polar surface area (TPSA) is 93.0 Å². The lowest BCUT2D eigenvalue weighted by Crippen LogP contribution is -2.26. The summed E-state index contributed by atoms with van der Waals surface area (Å²) in [5, 5.41) is 12.5. The molecule has 7 nitrogen and oxygen atoms in total. The highest BCUT2D eigenvalue weighted by atomic mass is 32.2. The van der Waals surface area contributed by atoms with E-state index < -0.39 is 0 Å². The molecule has 1 N–H and O–H groups in total. The molecule has 176 valence electrons. The highest BCUT2D eigenvalue weighted by Crippen LogP contribution is 2.28. The summed E-state index contributed by atoms with van der Waals surface area (Å²) in [6.07, 6.45) is 5.92. The van der Waals surface area contributed by atoms with Crippen LogP contribution in [-0.4, -0.2) is 34.3 Å². The van der Waals surface area contributed by atoms with Gasteiger partial charge in [0.15, 0.2) is 5.13 Å². The first-order valence-electron chi connectivity index (χ1n) is 11.3. The van der Waals surface area contributed by atoms with Crippen LogP contribution in [0.3, 0.4) is 0 Å². The predicted molar refractivity (Wildman–Crippen MR) is 137 cm³/mol. The Balaban J connectivity index is 1.26. The monoisotopic (exact) mass is 501 g/mol.